The number of ether oxygens (including phenoxy) is 2. The van der Waals surface area contributed by atoms with Gasteiger partial charge in [0, 0.05) is 19.2 Å². The van der Waals surface area contributed by atoms with E-state index in [-0.39, 0.29) is 0 Å². The fourth-order valence-electron chi connectivity index (χ4n) is 2.30. The quantitative estimate of drug-likeness (QED) is 0.840. The maximum Gasteiger partial charge on any atom is 0.119 e. The molecule has 0 bridgehead atoms. The zero-order valence-electron chi connectivity index (χ0n) is 11.3. The van der Waals surface area contributed by atoms with Crippen molar-refractivity contribution in [2.24, 2.45) is 5.92 Å². The minimum atomic E-state index is 0.503. The van der Waals surface area contributed by atoms with Crippen LogP contribution >= 0.6 is 0 Å². The molecule has 0 amide bonds. The second-order valence-corrected chi connectivity index (χ2v) is 4.87. The van der Waals surface area contributed by atoms with E-state index in [9.17, 15) is 0 Å². The van der Waals surface area contributed by atoms with Crippen molar-refractivity contribution >= 4 is 0 Å². The summed E-state index contributed by atoms with van der Waals surface area (Å²) in [7, 11) is 0. The molecular weight excluding hydrogens is 226 g/mol. The molecule has 0 aromatic heterocycles. The molecule has 2 atom stereocenters. The van der Waals surface area contributed by atoms with Gasteiger partial charge < -0.3 is 14.8 Å². The number of rotatable bonds is 6. The summed E-state index contributed by atoms with van der Waals surface area (Å²) in [5, 5.41) is 3.57. The van der Waals surface area contributed by atoms with Crippen molar-refractivity contribution < 1.29 is 9.47 Å². The predicted octanol–water partition coefficient (Wildman–Crippen LogP) is 2.60. The van der Waals surface area contributed by atoms with Gasteiger partial charge in [-0.1, -0.05) is 12.1 Å². The average Bonchev–Trinajstić information content (AvgIpc) is 2.91. The van der Waals surface area contributed by atoms with Gasteiger partial charge in [0.15, 0.2) is 0 Å². The third-order valence-corrected chi connectivity index (χ3v) is 3.51. The Bertz CT molecular complexity index is 361. The maximum atomic E-state index is 5.51. The van der Waals surface area contributed by atoms with Crippen molar-refractivity contribution in [3.05, 3.63) is 29.8 Å². The molecule has 3 heteroatoms. The molecule has 1 N–H and O–H groups in total. The van der Waals surface area contributed by atoms with E-state index in [1.54, 1.807) is 0 Å². The van der Waals surface area contributed by atoms with Gasteiger partial charge in [0.2, 0.25) is 0 Å². The summed E-state index contributed by atoms with van der Waals surface area (Å²) < 4.78 is 10.9. The maximum absolute atomic E-state index is 5.51. The average molecular weight is 249 g/mol. The molecule has 0 saturated carbocycles. The van der Waals surface area contributed by atoms with Crippen LogP contribution in [0.5, 0.6) is 5.75 Å². The van der Waals surface area contributed by atoms with E-state index in [0.717, 1.165) is 25.5 Å². The molecule has 18 heavy (non-hydrogen) atoms. The van der Waals surface area contributed by atoms with Crippen LogP contribution in [0.2, 0.25) is 0 Å². The van der Waals surface area contributed by atoms with E-state index in [1.165, 1.54) is 12.0 Å². The Balaban J connectivity index is 1.83. The molecule has 1 aliphatic heterocycles. The molecule has 1 heterocycles. The van der Waals surface area contributed by atoms with Crippen molar-refractivity contribution in [1.82, 2.24) is 5.32 Å². The van der Waals surface area contributed by atoms with Crippen molar-refractivity contribution in [3.63, 3.8) is 0 Å². The van der Waals surface area contributed by atoms with Crippen LogP contribution in [0.25, 0.3) is 0 Å². The second-order valence-electron chi connectivity index (χ2n) is 4.87. The smallest absolute Gasteiger partial charge is 0.119 e. The fourth-order valence-corrected chi connectivity index (χ4v) is 2.30. The monoisotopic (exact) mass is 249 g/mol. The van der Waals surface area contributed by atoms with E-state index in [0.29, 0.717) is 18.6 Å². The van der Waals surface area contributed by atoms with Gasteiger partial charge in [-0.15, -0.1) is 0 Å². The highest BCUT2D eigenvalue weighted by atomic mass is 16.5. The lowest BCUT2D eigenvalue weighted by Crippen LogP contribution is -2.33. The van der Waals surface area contributed by atoms with Crippen LogP contribution in [-0.4, -0.2) is 25.9 Å². The molecule has 1 aromatic carbocycles. The summed E-state index contributed by atoms with van der Waals surface area (Å²) in [6.07, 6.45) is 1.17. The molecule has 100 valence electrons. The fraction of sp³-hybridized carbons (Fsp3) is 0.600. The summed E-state index contributed by atoms with van der Waals surface area (Å²) in [6, 6.07) is 8.79. The normalized spacial score (nSPS) is 20.9. The standard InChI is InChI=1S/C15H23NO2/c1-3-18-15-6-4-5-13(9-15)10-16-12(2)14-7-8-17-11-14/h4-6,9,12,14,16H,3,7-8,10-11H2,1-2H3. The largest absolute Gasteiger partial charge is 0.494 e. The summed E-state index contributed by atoms with van der Waals surface area (Å²) in [6.45, 7) is 7.66. The summed E-state index contributed by atoms with van der Waals surface area (Å²) >= 11 is 0. The van der Waals surface area contributed by atoms with E-state index in [4.69, 9.17) is 9.47 Å². The molecule has 2 rings (SSSR count). The zero-order chi connectivity index (χ0) is 12.8. The summed E-state index contributed by atoms with van der Waals surface area (Å²) in [5.41, 5.74) is 1.27. The third kappa shape index (κ3) is 3.72. The molecule has 3 nitrogen and oxygen atoms in total. The van der Waals surface area contributed by atoms with Gasteiger partial charge >= 0.3 is 0 Å². The van der Waals surface area contributed by atoms with Gasteiger partial charge in [0.1, 0.15) is 5.75 Å². The van der Waals surface area contributed by atoms with Gasteiger partial charge in [-0.2, -0.15) is 0 Å². The Morgan fingerprint density at radius 2 is 2.39 bits per heavy atom. The zero-order valence-corrected chi connectivity index (χ0v) is 11.3. The third-order valence-electron chi connectivity index (χ3n) is 3.51. The number of nitrogens with one attached hydrogen (secondary N) is 1. The number of hydrogen-bond donors (Lipinski definition) is 1. The van der Waals surface area contributed by atoms with Crippen molar-refractivity contribution in [2.45, 2.75) is 32.9 Å². The first-order chi connectivity index (χ1) is 8.79. The first-order valence-electron chi connectivity index (χ1n) is 6.82. The summed E-state index contributed by atoms with van der Waals surface area (Å²) in [5.74, 6) is 1.61. The van der Waals surface area contributed by atoms with E-state index in [1.807, 2.05) is 19.1 Å². The van der Waals surface area contributed by atoms with Gasteiger partial charge in [0.25, 0.3) is 0 Å². The highest BCUT2D eigenvalue weighted by Gasteiger charge is 2.21. The van der Waals surface area contributed by atoms with Crippen LogP contribution in [0.3, 0.4) is 0 Å². The molecule has 1 saturated heterocycles. The topological polar surface area (TPSA) is 30.5 Å². The highest BCUT2D eigenvalue weighted by Crippen LogP contribution is 2.17. The Hall–Kier alpha value is -1.06. The van der Waals surface area contributed by atoms with Crippen molar-refractivity contribution in [2.75, 3.05) is 19.8 Å². The summed E-state index contributed by atoms with van der Waals surface area (Å²) in [4.78, 5) is 0. The van der Waals surface area contributed by atoms with Crippen molar-refractivity contribution in [3.8, 4) is 5.75 Å². The number of hydrogen-bond acceptors (Lipinski definition) is 3. The van der Waals surface area contributed by atoms with Crippen LogP contribution in [0.4, 0.5) is 0 Å². The minimum absolute atomic E-state index is 0.503. The minimum Gasteiger partial charge on any atom is -0.494 e. The van der Waals surface area contributed by atoms with Gasteiger partial charge in [-0.05, 0) is 43.9 Å². The second kappa shape index (κ2) is 6.76. The Morgan fingerprint density at radius 3 is 3.11 bits per heavy atom. The lowest BCUT2D eigenvalue weighted by atomic mass is 10.0. The van der Waals surface area contributed by atoms with Crippen LogP contribution in [0.1, 0.15) is 25.8 Å². The molecule has 2 unspecified atom stereocenters. The predicted molar refractivity (Wildman–Crippen MR) is 72.8 cm³/mol. The molecule has 0 radical (unpaired) electrons. The lowest BCUT2D eigenvalue weighted by Gasteiger charge is -2.19. The van der Waals surface area contributed by atoms with Gasteiger partial charge in [-0.3, -0.25) is 0 Å². The molecule has 1 aromatic rings. The van der Waals surface area contributed by atoms with Gasteiger partial charge in [0.05, 0.1) is 13.2 Å². The number of benzene rings is 1. The van der Waals surface area contributed by atoms with Crippen molar-refractivity contribution in [1.29, 1.82) is 0 Å². The lowest BCUT2D eigenvalue weighted by molar-refractivity contribution is 0.178. The van der Waals surface area contributed by atoms with Crippen LogP contribution in [-0.2, 0) is 11.3 Å². The van der Waals surface area contributed by atoms with Crippen LogP contribution < -0.4 is 10.1 Å². The molecule has 1 fully saturated rings. The SMILES string of the molecule is CCOc1cccc(CNC(C)C2CCOC2)c1. The first kappa shape index (κ1) is 13.4. The Morgan fingerprint density at radius 1 is 1.50 bits per heavy atom. The first-order valence-corrected chi connectivity index (χ1v) is 6.82. The van der Waals surface area contributed by atoms with E-state index >= 15 is 0 Å². The highest BCUT2D eigenvalue weighted by molar-refractivity contribution is 5.28. The van der Waals surface area contributed by atoms with E-state index < -0.39 is 0 Å². The molecule has 0 spiro atoms. The van der Waals surface area contributed by atoms with Crippen LogP contribution in [0.15, 0.2) is 24.3 Å². The molecule has 1 aliphatic rings. The Kier molecular flexibility index (Phi) is 5.02. The molecule has 0 aliphatic carbocycles. The Labute approximate surface area is 109 Å². The van der Waals surface area contributed by atoms with Crippen LogP contribution in [0, 0.1) is 5.92 Å². The van der Waals surface area contributed by atoms with E-state index in [2.05, 4.69) is 24.4 Å². The molecular formula is C15H23NO2. The van der Waals surface area contributed by atoms with Gasteiger partial charge in [-0.25, -0.2) is 0 Å².